The molecule has 1 aliphatic rings. The molecule has 0 saturated carbocycles. The molecule has 2 heterocycles. The standard InChI is InChI=1S/C21H14ClN3O3/c22-15-9-7-13(8-10-15)17-16(18(26)14-5-2-1-3-6-14)19(27)20(28)25(17)21-23-11-4-12-24-21/h1-12,17,26H/b18-16-. The number of aliphatic hydroxyl groups excluding tert-OH is 1. The Morgan fingerprint density at radius 3 is 2.21 bits per heavy atom. The molecule has 1 amide bonds. The van der Waals surface area contributed by atoms with Crippen LogP contribution in [0.25, 0.3) is 5.76 Å². The lowest BCUT2D eigenvalue weighted by Crippen LogP contribution is -2.31. The average Bonchev–Trinajstić information content (AvgIpc) is 3.00. The van der Waals surface area contributed by atoms with Gasteiger partial charge in [0.05, 0.1) is 11.6 Å². The van der Waals surface area contributed by atoms with Crippen LogP contribution in [0.1, 0.15) is 17.2 Å². The lowest BCUT2D eigenvalue weighted by atomic mass is 9.95. The second-order valence-corrected chi connectivity index (χ2v) is 6.57. The van der Waals surface area contributed by atoms with Crippen molar-refractivity contribution in [3.8, 4) is 0 Å². The van der Waals surface area contributed by atoms with Gasteiger partial charge in [0.1, 0.15) is 5.76 Å². The fourth-order valence-corrected chi connectivity index (χ4v) is 3.29. The summed E-state index contributed by atoms with van der Waals surface area (Å²) in [7, 11) is 0. The van der Waals surface area contributed by atoms with Gasteiger partial charge in [-0.3, -0.25) is 14.5 Å². The van der Waals surface area contributed by atoms with Crippen molar-refractivity contribution in [3.63, 3.8) is 0 Å². The monoisotopic (exact) mass is 391 g/mol. The summed E-state index contributed by atoms with van der Waals surface area (Å²) in [6.45, 7) is 0. The Kier molecular flexibility index (Phi) is 4.63. The van der Waals surface area contributed by atoms with Crippen LogP contribution in [0.3, 0.4) is 0 Å². The second kappa shape index (κ2) is 7.25. The number of halogens is 1. The van der Waals surface area contributed by atoms with Gasteiger partial charge >= 0.3 is 5.91 Å². The molecule has 1 unspecified atom stereocenters. The minimum atomic E-state index is -0.875. The van der Waals surface area contributed by atoms with Crippen molar-refractivity contribution in [3.05, 3.63) is 94.8 Å². The number of carbonyl (C=O) groups excluding carboxylic acids is 2. The normalized spacial score (nSPS) is 18.5. The Balaban J connectivity index is 1.95. The summed E-state index contributed by atoms with van der Waals surface area (Å²) in [5.41, 5.74) is 1.02. The first-order valence-electron chi connectivity index (χ1n) is 8.47. The zero-order chi connectivity index (χ0) is 19.7. The highest BCUT2D eigenvalue weighted by molar-refractivity contribution is 6.51. The molecule has 7 heteroatoms. The van der Waals surface area contributed by atoms with Crippen LogP contribution in [-0.2, 0) is 9.59 Å². The first-order valence-corrected chi connectivity index (χ1v) is 8.84. The molecule has 2 aromatic carbocycles. The SMILES string of the molecule is O=C1C(=O)N(c2ncccn2)C(c2ccc(Cl)cc2)/C1=C(/O)c1ccccc1. The fraction of sp³-hybridized carbons (Fsp3) is 0.0476. The molecule has 1 fully saturated rings. The van der Waals surface area contributed by atoms with Crippen LogP contribution in [0.15, 0.2) is 78.6 Å². The van der Waals surface area contributed by atoms with E-state index in [-0.39, 0.29) is 17.3 Å². The number of aromatic nitrogens is 2. The van der Waals surface area contributed by atoms with E-state index in [9.17, 15) is 14.7 Å². The van der Waals surface area contributed by atoms with Crippen LogP contribution < -0.4 is 4.90 Å². The molecule has 1 aliphatic heterocycles. The highest BCUT2D eigenvalue weighted by atomic mass is 35.5. The predicted octanol–water partition coefficient (Wildman–Crippen LogP) is 3.76. The Labute approximate surface area is 165 Å². The number of hydrogen-bond donors (Lipinski definition) is 1. The fourth-order valence-electron chi connectivity index (χ4n) is 3.17. The number of amides is 1. The molecule has 3 aromatic rings. The molecule has 1 atom stereocenters. The summed E-state index contributed by atoms with van der Waals surface area (Å²) in [6, 6.07) is 16.1. The number of carbonyl (C=O) groups is 2. The molecule has 1 saturated heterocycles. The predicted molar refractivity (Wildman–Crippen MR) is 105 cm³/mol. The van der Waals surface area contributed by atoms with Crippen LogP contribution in [0.5, 0.6) is 0 Å². The molecule has 138 valence electrons. The van der Waals surface area contributed by atoms with Gasteiger partial charge in [-0.1, -0.05) is 54.1 Å². The maximum Gasteiger partial charge on any atom is 0.302 e. The van der Waals surface area contributed by atoms with Crippen molar-refractivity contribution < 1.29 is 14.7 Å². The Morgan fingerprint density at radius 1 is 0.929 bits per heavy atom. The number of ketones is 1. The van der Waals surface area contributed by atoms with Crippen molar-refractivity contribution in [2.45, 2.75) is 6.04 Å². The molecule has 1 aromatic heterocycles. The van der Waals surface area contributed by atoms with E-state index in [1.54, 1.807) is 60.7 Å². The van der Waals surface area contributed by atoms with Crippen LogP contribution in [0.4, 0.5) is 5.95 Å². The number of nitrogens with zero attached hydrogens (tertiary/aromatic N) is 3. The van der Waals surface area contributed by atoms with Gasteiger partial charge in [0.25, 0.3) is 5.78 Å². The molecule has 1 N–H and O–H groups in total. The van der Waals surface area contributed by atoms with Gasteiger partial charge in [-0.25, -0.2) is 9.97 Å². The molecule has 6 nitrogen and oxygen atoms in total. The van der Waals surface area contributed by atoms with Crippen LogP contribution in [0.2, 0.25) is 5.02 Å². The van der Waals surface area contributed by atoms with Gasteiger partial charge in [-0.05, 0) is 23.8 Å². The van der Waals surface area contributed by atoms with Gasteiger partial charge in [-0.2, -0.15) is 0 Å². The minimum absolute atomic E-state index is 0.0222. The van der Waals surface area contributed by atoms with E-state index in [1.165, 1.54) is 17.3 Å². The second-order valence-electron chi connectivity index (χ2n) is 6.14. The number of Topliss-reactive ketones (excluding diaryl/α,β-unsaturated/α-hetero) is 1. The molecule has 0 radical (unpaired) electrons. The number of benzene rings is 2. The smallest absolute Gasteiger partial charge is 0.302 e. The van der Waals surface area contributed by atoms with Crippen LogP contribution in [0, 0.1) is 0 Å². The van der Waals surface area contributed by atoms with E-state index >= 15 is 0 Å². The number of aliphatic hydroxyl groups is 1. The molecule has 0 aliphatic carbocycles. The molecule has 0 bridgehead atoms. The number of rotatable bonds is 3. The van der Waals surface area contributed by atoms with Crippen molar-refractivity contribution in [1.29, 1.82) is 0 Å². The molecular weight excluding hydrogens is 378 g/mol. The van der Waals surface area contributed by atoms with Crippen molar-refractivity contribution in [2.75, 3.05) is 4.90 Å². The number of hydrogen-bond acceptors (Lipinski definition) is 5. The zero-order valence-electron chi connectivity index (χ0n) is 14.5. The summed E-state index contributed by atoms with van der Waals surface area (Å²) in [6.07, 6.45) is 2.97. The molecule has 4 rings (SSSR count). The van der Waals surface area contributed by atoms with Crippen LogP contribution >= 0.6 is 11.6 Å². The highest BCUT2D eigenvalue weighted by Gasteiger charge is 2.48. The Hall–Kier alpha value is -3.51. The van der Waals surface area contributed by atoms with E-state index in [1.807, 2.05) is 0 Å². The van der Waals surface area contributed by atoms with E-state index in [0.717, 1.165) is 0 Å². The van der Waals surface area contributed by atoms with Crippen molar-refractivity contribution in [1.82, 2.24) is 9.97 Å². The third-order valence-corrected chi connectivity index (χ3v) is 4.70. The zero-order valence-corrected chi connectivity index (χ0v) is 15.2. The first-order chi connectivity index (χ1) is 13.6. The van der Waals surface area contributed by atoms with Gasteiger partial charge in [-0.15, -0.1) is 0 Å². The third kappa shape index (κ3) is 3.04. The third-order valence-electron chi connectivity index (χ3n) is 4.45. The lowest BCUT2D eigenvalue weighted by Gasteiger charge is -2.23. The van der Waals surface area contributed by atoms with Crippen molar-refractivity contribution >= 4 is 35.0 Å². The van der Waals surface area contributed by atoms with Gasteiger partial charge in [0, 0.05) is 23.0 Å². The quantitative estimate of drug-likeness (QED) is 0.417. The van der Waals surface area contributed by atoms with E-state index in [2.05, 4.69) is 9.97 Å². The van der Waals surface area contributed by atoms with E-state index < -0.39 is 17.7 Å². The largest absolute Gasteiger partial charge is 0.507 e. The first kappa shape index (κ1) is 17.9. The summed E-state index contributed by atoms with van der Waals surface area (Å²) in [4.78, 5) is 35.1. The topological polar surface area (TPSA) is 83.4 Å². The average molecular weight is 392 g/mol. The minimum Gasteiger partial charge on any atom is -0.507 e. The highest BCUT2D eigenvalue weighted by Crippen LogP contribution is 2.41. The van der Waals surface area contributed by atoms with Crippen molar-refractivity contribution in [2.24, 2.45) is 0 Å². The van der Waals surface area contributed by atoms with Crippen LogP contribution in [-0.4, -0.2) is 26.8 Å². The van der Waals surface area contributed by atoms with Gasteiger partial charge in [0.2, 0.25) is 5.95 Å². The van der Waals surface area contributed by atoms with E-state index in [4.69, 9.17) is 11.6 Å². The molecule has 28 heavy (non-hydrogen) atoms. The lowest BCUT2D eigenvalue weighted by molar-refractivity contribution is -0.132. The number of anilines is 1. The summed E-state index contributed by atoms with van der Waals surface area (Å²) >= 11 is 5.99. The maximum absolute atomic E-state index is 12.9. The Morgan fingerprint density at radius 2 is 1.57 bits per heavy atom. The van der Waals surface area contributed by atoms with Gasteiger partial charge < -0.3 is 5.11 Å². The van der Waals surface area contributed by atoms with Gasteiger partial charge in [0.15, 0.2) is 0 Å². The molecule has 0 spiro atoms. The maximum atomic E-state index is 12.9. The van der Waals surface area contributed by atoms with E-state index in [0.29, 0.717) is 16.1 Å². The summed E-state index contributed by atoms with van der Waals surface area (Å²) < 4.78 is 0. The summed E-state index contributed by atoms with van der Waals surface area (Å²) in [5, 5.41) is 11.4. The Bertz CT molecular complexity index is 1070. The summed E-state index contributed by atoms with van der Waals surface area (Å²) in [5.74, 6) is -1.77. The molecular formula is C21H14ClN3O3.